The summed E-state index contributed by atoms with van der Waals surface area (Å²) in [6.07, 6.45) is 0. The minimum Gasteiger partial charge on any atom is -0.237 e. The van der Waals surface area contributed by atoms with Gasteiger partial charge in [0.1, 0.15) is 16.0 Å². The van der Waals surface area contributed by atoms with Crippen LogP contribution in [-0.2, 0) is 0 Å². The van der Waals surface area contributed by atoms with Crippen LogP contribution in [0.25, 0.3) is 27.3 Å². The van der Waals surface area contributed by atoms with Gasteiger partial charge in [-0.1, -0.05) is 59.9 Å². The first kappa shape index (κ1) is 12.3. The quantitative estimate of drug-likeness (QED) is 0.546. The second kappa shape index (κ2) is 4.82. The van der Waals surface area contributed by atoms with Gasteiger partial charge in [-0.05, 0) is 19.1 Å². The fraction of sp³-hybridized carbons (Fsp3) is 0.0588. The molecule has 4 heteroatoms. The molecule has 0 bridgehead atoms. The summed E-state index contributed by atoms with van der Waals surface area (Å²) in [5.74, 6) is 0. The van der Waals surface area contributed by atoms with Crippen molar-refractivity contribution in [3.8, 4) is 16.9 Å². The Labute approximate surface area is 126 Å². The van der Waals surface area contributed by atoms with Crippen molar-refractivity contribution in [2.75, 3.05) is 0 Å². The second-order valence-electron chi connectivity index (χ2n) is 4.85. The van der Waals surface area contributed by atoms with Crippen molar-refractivity contribution in [3.63, 3.8) is 0 Å². The maximum atomic E-state index is 4.80. The molecule has 102 valence electrons. The van der Waals surface area contributed by atoms with Crippen molar-refractivity contribution < 1.29 is 0 Å². The first-order valence-electron chi connectivity index (χ1n) is 6.80. The van der Waals surface area contributed by atoms with E-state index < -0.39 is 0 Å². The van der Waals surface area contributed by atoms with Crippen LogP contribution in [0.4, 0.5) is 0 Å². The summed E-state index contributed by atoms with van der Waals surface area (Å²) >= 11 is 1.68. The lowest BCUT2D eigenvalue weighted by Crippen LogP contribution is -1.95. The molecule has 0 aliphatic rings. The highest BCUT2D eigenvalue weighted by Crippen LogP contribution is 2.32. The van der Waals surface area contributed by atoms with Crippen molar-refractivity contribution in [3.05, 3.63) is 65.7 Å². The van der Waals surface area contributed by atoms with E-state index >= 15 is 0 Å². The average Bonchev–Trinajstić information content (AvgIpc) is 3.06. The summed E-state index contributed by atoms with van der Waals surface area (Å²) in [7, 11) is 0. The Morgan fingerprint density at radius 2 is 1.57 bits per heavy atom. The topological polar surface area (TPSA) is 30.7 Å². The van der Waals surface area contributed by atoms with Crippen molar-refractivity contribution >= 4 is 21.7 Å². The maximum Gasteiger partial charge on any atom is 0.148 e. The molecule has 4 aromatic rings. The van der Waals surface area contributed by atoms with Crippen LogP contribution in [0.5, 0.6) is 0 Å². The van der Waals surface area contributed by atoms with E-state index in [2.05, 4.69) is 29.2 Å². The summed E-state index contributed by atoms with van der Waals surface area (Å²) < 4.78 is 1.99. The number of aryl methyl sites for hydroxylation is 1. The number of rotatable bonds is 2. The minimum atomic E-state index is 0.943. The van der Waals surface area contributed by atoms with E-state index in [1.54, 1.807) is 11.3 Å². The summed E-state index contributed by atoms with van der Waals surface area (Å²) in [6, 6.07) is 20.4. The maximum absolute atomic E-state index is 4.80. The number of para-hydroxylation sites is 1. The molecule has 2 aromatic carbocycles. The molecule has 3 nitrogen and oxygen atoms in total. The van der Waals surface area contributed by atoms with Gasteiger partial charge >= 0.3 is 0 Å². The van der Waals surface area contributed by atoms with Gasteiger partial charge in [0.25, 0.3) is 0 Å². The van der Waals surface area contributed by atoms with Crippen molar-refractivity contribution in [2.24, 2.45) is 0 Å². The molecule has 0 aliphatic carbocycles. The Kier molecular flexibility index (Phi) is 2.82. The van der Waals surface area contributed by atoms with Crippen LogP contribution in [0.1, 0.15) is 5.01 Å². The van der Waals surface area contributed by atoms with Crippen LogP contribution in [0.15, 0.2) is 60.7 Å². The average molecular weight is 291 g/mol. The zero-order valence-corrected chi connectivity index (χ0v) is 12.3. The van der Waals surface area contributed by atoms with Gasteiger partial charge in [-0.15, -0.1) is 0 Å². The first-order chi connectivity index (χ1) is 10.3. The molecule has 0 fully saturated rings. The van der Waals surface area contributed by atoms with Gasteiger partial charge in [0.15, 0.2) is 0 Å². The number of fused-ring (bicyclic) bond motifs is 1. The Morgan fingerprint density at radius 3 is 2.29 bits per heavy atom. The summed E-state index contributed by atoms with van der Waals surface area (Å²) in [5.41, 5.74) is 4.09. The third-order valence-corrected chi connectivity index (χ3v) is 4.33. The van der Waals surface area contributed by atoms with Crippen LogP contribution in [-0.4, -0.2) is 14.8 Å². The lowest BCUT2D eigenvalue weighted by atomic mass is 10.1. The van der Waals surface area contributed by atoms with Gasteiger partial charge in [-0.25, -0.2) is 9.67 Å². The number of thiazole rings is 1. The van der Waals surface area contributed by atoms with Crippen LogP contribution in [0.3, 0.4) is 0 Å². The van der Waals surface area contributed by atoms with Crippen LogP contribution >= 0.6 is 11.3 Å². The van der Waals surface area contributed by atoms with E-state index in [1.165, 1.54) is 0 Å². The normalized spacial score (nSPS) is 11.1. The van der Waals surface area contributed by atoms with Crippen LogP contribution in [0, 0.1) is 6.92 Å². The molecule has 0 aliphatic heterocycles. The van der Waals surface area contributed by atoms with Gasteiger partial charge in [0.05, 0.1) is 10.7 Å². The number of hydrogen-bond donors (Lipinski definition) is 0. The Hall–Kier alpha value is -2.46. The Bertz CT molecular complexity index is 820. The highest BCUT2D eigenvalue weighted by atomic mass is 32.1. The van der Waals surface area contributed by atoms with E-state index in [0.29, 0.717) is 0 Å². The lowest BCUT2D eigenvalue weighted by molar-refractivity contribution is 0.921. The van der Waals surface area contributed by atoms with E-state index in [9.17, 15) is 0 Å². The third-order valence-electron chi connectivity index (χ3n) is 3.38. The minimum absolute atomic E-state index is 0.943. The smallest absolute Gasteiger partial charge is 0.148 e. The fourth-order valence-corrected chi connectivity index (χ4v) is 3.33. The van der Waals surface area contributed by atoms with Crippen LogP contribution in [0.2, 0.25) is 0 Å². The van der Waals surface area contributed by atoms with E-state index in [1.807, 2.05) is 48.0 Å². The standard InChI is InChI=1S/C17H13N3S/c1-12-18-16-15(13-8-4-2-5-9-13)19-20(17(16)21-12)14-10-6-3-7-11-14/h2-11H,1H3. The van der Waals surface area contributed by atoms with Gasteiger partial charge in [-0.2, -0.15) is 5.10 Å². The number of hydrogen-bond acceptors (Lipinski definition) is 3. The van der Waals surface area contributed by atoms with E-state index in [4.69, 9.17) is 5.10 Å². The molecule has 0 radical (unpaired) electrons. The molecule has 0 saturated carbocycles. The zero-order chi connectivity index (χ0) is 14.2. The highest BCUT2D eigenvalue weighted by Gasteiger charge is 2.17. The van der Waals surface area contributed by atoms with Crippen molar-refractivity contribution in [1.82, 2.24) is 14.8 Å². The fourth-order valence-electron chi connectivity index (χ4n) is 2.44. The molecule has 4 rings (SSSR count). The largest absolute Gasteiger partial charge is 0.237 e. The van der Waals surface area contributed by atoms with Crippen molar-refractivity contribution in [2.45, 2.75) is 6.92 Å². The molecule has 21 heavy (non-hydrogen) atoms. The predicted octanol–water partition coefficient (Wildman–Crippen LogP) is 4.46. The third kappa shape index (κ3) is 2.04. The summed E-state index contributed by atoms with van der Waals surface area (Å²) in [4.78, 5) is 5.77. The van der Waals surface area contributed by atoms with E-state index in [-0.39, 0.29) is 0 Å². The lowest BCUT2D eigenvalue weighted by Gasteiger charge is -2.01. The molecule has 0 saturated heterocycles. The molecule has 0 N–H and O–H groups in total. The molecule has 0 spiro atoms. The Balaban J connectivity index is 2.01. The van der Waals surface area contributed by atoms with Crippen molar-refractivity contribution in [1.29, 1.82) is 0 Å². The molecule has 2 heterocycles. The van der Waals surface area contributed by atoms with Gasteiger partial charge in [-0.3, -0.25) is 0 Å². The van der Waals surface area contributed by atoms with E-state index in [0.717, 1.165) is 32.3 Å². The zero-order valence-electron chi connectivity index (χ0n) is 11.5. The number of aromatic nitrogens is 3. The predicted molar refractivity (Wildman–Crippen MR) is 86.9 cm³/mol. The number of nitrogens with zero attached hydrogens (tertiary/aromatic N) is 3. The summed E-state index contributed by atoms with van der Waals surface area (Å²) in [6.45, 7) is 2.04. The molecule has 0 unspecified atom stereocenters. The monoisotopic (exact) mass is 291 g/mol. The molecular formula is C17H13N3S. The highest BCUT2D eigenvalue weighted by molar-refractivity contribution is 7.18. The molecule has 0 atom stereocenters. The van der Waals surface area contributed by atoms with Gasteiger partial charge in [0, 0.05) is 5.56 Å². The number of benzene rings is 2. The molecular weight excluding hydrogens is 278 g/mol. The second-order valence-corrected chi connectivity index (χ2v) is 6.03. The molecule has 0 amide bonds. The first-order valence-corrected chi connectivity index (χ1v) is 7.61. The SMILES string of the molecule is Cc1nc2c(-c3ccccc3)nn(-c3ccccc3)c2s1. The van der Waals surface area contributed by atoms with Gasteiger partial charge in [0.2, 0.25) is 0 Å². The van der Waals surface area contributed by atoms with Crippen LogP contribution < -0.4 is 0 Å². The molecule has 2 aromatic heterocycles. The van der Waals surface area contributed by atoms with Gasteiger partial charge < -0.3 is 0 Å². The Morgan fingerprint density at radius 1 is 0.905 bits per heavy atom. The summed E-state index contributed by atoms with van der Waals surface area (Å²) in [5, 5.41) is 5.86.